The summed E-state index contributed by atoms with van der Waals surface area (Å²) in [5, 5.41) is 0. The Balaban J connectivity index is 1.49. The van der Waals surface area contributed by atoms with Crippen LogP contribution in [0.25, 0.3) is 0 Å². The van der Waals surface area contributed by atoms with Gasteiger partial charge in [0.25, 0.3) is 0 Å². The molecular formula is C17H27NO. The molecule has 4 unspecified atom stereocenters. The number of carbonyl (C=O) groups is 1. The average molecular weight is 261 g/mol. The molecule has 2 nitrogen and oxygen atoms in total. The topological polar surface area (TPSA) is 20.3 Å². The van der Waals surface area contributed by atoms with E-state index < -0.39 is 0 Å². The molecule has 0 bridgehead atoms. The van der Waals surface area contributed by atoms with Crippen LogP contribution >= 0.6 is 0 Å². The van der Waals surface area contributed by atoms with E-state index in [-0.39, 0.29) is 0 Å². The highest BCUT2D eigenvalue weighted by molar-refractivity contribution is 5.80. The summed E-state index contributed by atoms with van der Waals surface area (Å²) in [6.07, 6.45) is 8.73. The summed E-state index contributed by atoms with van der Waals surface area (Å²) in [6.45, 7) is 5.65. The number of nitrogens with zero attached hydrogens (tertiary/aromatic N) is 1. The molecule has 106 valence electrons. The van der Waals surface area contributed by atoms with E-state index in [1.807, 2.05) is 11.9 Å². The highest BCUT2D eigenvalue weighted by atomic mass is 16.2. The summed E-state index contributed by atoms with van der Waals surface area (Å²) in [4.78, 5) is 14.0. The van der Waals surface area contributed by atoms with Crippen LogP contribution in [0.5, 0.6) is 0 Å². The minimum atomic E-state index is 0.376. The van der Waals surface area contributed by atoms with E-state index in [0.29, 0.717) is 11.8 Å². The lowest BCUT2D eigenvalue weighted by molar-refractivity contribution is -0.131. The largest absolute Gasteiger partial charge is 0.345 e. The molecule has 0 N–H and O–H groups in total. The van der Waals surface area contributed by atoms with Crippen LogP contribution in [0, 0.1) is 29.6 Å². The van der Waals surface area contributed by atoms with Gasteiger partial charge in [-0.2, -0.15) is 0 Å². The highest BCUT2D eigenvalue weighted by Crippen LogP contribution is 2.51. The fourth-order valence-corrected chi connectivity index (χ4v) is 4.01. The highest BCUT2D eigenvalue weighted by Gasteiger charge is 2.46. The molecule has 0 saturated heterocycles. The van der Waals surface area contributed by atoms with Crippen molar-refractivity contribution in [1.82, 2.24) is 4.90 Å². The molecule has 19 heavy (non-hydrogen) atoms. The molecule has 2 fully saturated rings. The number of rotatable bonds is 4. The van der Waals surface area contributed by atoms with Crippen LogP contribution < -0.4 is 0 Å². The van der Waals surface area contributed by atoms with Gasteiger partial charge in [0.15, 0.2) is 0 Å². The maximum absolute atomic E-state index is 12.0. The summed E-state index contributed by atoms with van der Waals surface area (Å²) < 4.78 is 0. The number of allylic oxidation sites excluding steroid dienone is 2. The Bertz CT molecular complexity index is 396. The molecule has 1 amide bonds. The van der Waals surface area contributed by atoms with Gasteiger partial charge in [-0.15, -0.1) is 0 Å². The number of hydrogen-bond acceptors (Lipinski definition) is 1. The first-order chi connectivity index (χ1) is 9.06. The summed E-state index contributed by atoms with van der Waals surface area (Å²) in [6, 6.07) is 0. The van der Waals surface area contributed by atoms with Gasteiger partial charge in [-0.3, -0.25) is 4.79 Å². The van der Waals surface area contributed by atoms with E-state index in [2.05, 4.69) is 19.9 Å². The van der Waals surface area contributed by atoms with Crippen molar-refractivity contribution in [1.29, 1.82) is 0 Å². The van der Waals surface area contributed by atoms with E-state index in [0.717, 1.165) is 43.1 Å². The summed E-state index contributed by atoms with van der Waals surface area (Å²) in [7, 11) is 2.00. The summed E-state index contributed by atoms with van der Waals surface area (Å²) in [5.41, 5.74) is 1.57. The first kappa shape index (κ1) is 13.2. The first-order valence-corrected chi connectivity index (χ1v) is 7.98. The third kappa shape index (κ3) is 2.88. The molecular weight excluding hydrogens is 234 g/mol. The standard InChI is InChI=1S/C17H27NO/c1-11-4-7-15(12(2)8-11)16-9-14(16)10-18(3)17(19)13-5-6-13/h8,12-16H,4-7,9-10H2,1-3H3. The molecule has 2 heteroatoms. The van der Waals surface area contributed by atoms with E-state index in [1.54, 1.807) is 5.57 Å². The van der Waals surface area contributed by atoms with Crippen LogP contribution in [0.4, 0.5) is 0 Å². The molecule has 0 aromatic heterocycles. The molecule has 0 aromatic rings. The minimum absolute atomic E-state index is 0.376. The first-order valence-electron chi connectivity index (χ1n) is 7.98. The van der Waals surface area contributed by atoms with Crippen molar-refractivity contribution in [3.8, 4) is 0 Å². The van der Waals surface area contributed by atoms with Crippen LogP contribution in [-0.4, -0.2) is 24.4 Å². The molecule has 3 aliphatic carbocycles. The SMILES string of the molecule is CC1=CC(C)C(C2CC2CN(C)C(=O)C2CC2)CC1. The van der Waals surface area contributed by atoms with Crippen molar-refractivity contribution in [3.63, 3.8) is 0 Å². The zero-order chi connectivity index (χ0) is 13.6. The van der Waals surface area contributed by atoms with Gasteiger partial charge in [0.1, 0.15) is 0 Å². The maximum atomic E-state index is 12.0. The Morgan fingerprint density at radius 1 is 1.32 bits per heavy atom. The molecule has 0 aromatic carbocycles. The fraction of sp³-hybridized carbons (Fsp3) is 0.824. The van der Waals surface area contributed by atoms with Crippen molar-refractivity contribution in [2.24, 2.45) is 29.6 Å². The van der Waals surface area contributed by atoms with E-state index in [9.17, 15) is 4.79 Å². The normalized spacial score (nSPS) is 37.7. The number of carbonyl (C=O) groups excluding carboxylic acids is 1. The van der Waals surface area contributed by atoms with Crippen molar-refractivity contribution in [2.45, 2.75) is 46.0 Å². The zero-order valence-electron chi connectivity index (χ0n) is 12.6. The minimum Gasteiger partial charge on any atom is -0.345 e. The van der Waals surface area contributed by atoms with Gasteiger partial charge >= 0.3 is 0 Å². The van der Waals surface area contributed by atoms with Gasteiger partial charge in [-0.1, -0.05) is 18.6 Å². The van der Waals surface area contributed by atoms with E-state index in [1.165, 1.54) is 19.3 Å². The molecule has 0 radical (unpaired) electrons. The van der Waals surface area contributed by atoms with E-state index in [4.69, 9.17) is 0 Å². The van der Waals surface area contributed by atoms with Crippen LogP contribution in [0.1, 0.15) is 46.0 Å². The second-order valence-electron chi connectivity index (χ2n) is 7.23. The molecule has 0 heterocycles. The number of amides is 1. The van der Waals surface area contributed by atoms with Gasteiger partial charge in [0.2, 0.25) is 5.91 Å². The molecule has 4 atom stereocenters. The Labute approximate surface area is 117 Å². The smallest absolute Gasteiger partial charge is 0.225 e. The molecule has 2 saturated carbocycles. The van der Waals surface area contributed by atoms with Gasteiger partial charge < -0.3 is 4.90 Å². The van der Waals surface area contributed by atoms with Gasteiger partial charge in [-0.05, 0) is 62.7 Å². The van der Waals surface area contributed by atoms with Gasteiger partial charge in [0.05, 0.1) is 0 Å². The zero-order valence-corrected chi connectivity index (χ0v) is 12.6. The predicted molar refractivity (Wildman–Crippen MR) is 77.6 cm³/mol. The second kappa shape index (κ2) is 4.96. The van der Waals surface area contributed by atoms with Crippen molar-refractivity contribution >= 4 is 5.91 Å². The number of hydrogen-bond donors (Lipinski definition) is 0. The Morgan fingerprint density at radius 2 is 2.05 bits per heavy atom. The van der Waals surface area contributed by atoms with Crippen LogP contribution in [-0.2, 0) is 4.79 Å². The summed E-state index contributed by atoms with van der Waals surface area (Å²) in [5.74, 6) is 4.06. The molecule has 3 aliphatic rings. The van der Waals surface area contributed by atoms with Gasteiger partial charge in [-0.25, -0.2) is 0 Å². The van der Waals surface area contributed by atoms with Crippen LogP contribution in [0.3, 0.4) is 0 Å². The molecule has 3 rings (SSSR count). The quantitative estimate of drug-likeness (QED) is 0.709. The molecule has 0 aliphatic heterocycles. The van der Waals surface area contributed by atoms with Crippen LogP contribution in [0.2, 0.25) is 0 Å². The van der Waals surface area contributed by atoms with Crippen LogP contribution in [0.15, 0.2) is 11.6 Å². The summed E-state index contributed by atoms with van der Waals surface area (Å²) >= 11 is 0. The Hall–Kier alpha value is -0.790. The predicted octanol–water partition coefficient (Wildman–Crippen LogP) is 3.48. The molecule has 0 spiro atoms. The van der Waals surface area contributed by atoms with Crippen molar-refractivity contribution in [2.75, 3.05) is 13.6 Å². The van der Waals surface area contributed by atoms with Crippen molar-refractivity contribution < 1.29 is 4.79 Å². The maximum Gasteiger partial charge on any atom is 0.225 e. The van der Waals surface area contributed by atoms with Gasteiger partial charge in [0, 0.05) is 19.5 Å². The van der Waals surface area contributed by atoms with E-state index >= 15 is 0 Å². The monoisotopic (exact) mass is 261 g/mol. The lowest BCUT2D eigenvalue weighted by Gasteiger charge is -2.28. The Kier molecular flexibility index (Phi) is 3.44. The lowest BCUT2D eigenvalue weighted by atomic mass is 9.78. The fourth-order valence-electron chi connectivity index (χ4n) is 4.01. The Morgan fingerprint density at radius 3 is 2.68 bits per heavy atom. The average Bonchev–Trinajstić information content (AvgIpc) is 3.22. The third-order valence-corrected chi connectivity index (χ3v) is 5.43. The third-order valence-electron chi connectivity index (χ3n) is 5.43. The lowest BCUT2D eigenvalue weighted by Crippen LogP contribution is -2.31. The van der Waals surface area contributed by atoms with Crippen molar-refractivity contribution in [3.05, 3.63) is 11.6 Å². The second-order valence-corrected chi connectivity index (χ2v) is 7.23.